The summed E-state index contributed by atoms with van der Waals surface area (Å²) in [7, 11) is 0. The van der Waals surface area contributed by atoms with Crippen molar-refractivity contribution in [1.29, 1.82) is 0 Å². The number of carbonyl (C=O) groups excluding carboxylic acids is 1. The van der Waals surface area contributed by atoms with Crippen molar-refractivity contribution in [3.05, 3.63) is 87.7 Å². The van der Waals surface area contributed by atoms with Gasteiger partial charge in [-0.1, -0.05) is 18.2 Å². The number of rotatable bonds is 0. The summed E-state index contributed by atoms with van der Waals surface area (Å²) < 4.78 is 8.14. The number of aromatic hydroxyl groups is 2. The van der Waals surface area contributed by atoms with E-state index in [1.54, 1.807) is 24.3 Å². The van der Waals surface area contributed by atoms with Gasteiger partial charge in [-0.15, -0.1) is 0 Å². The molecule has 0 radical (unpaired) electrons. The van der Waals surface area contributed by atoms with Crippen LogP contribution in [0.1, 0.15) is 38.2 Å². The molecule has 5 rings (SSSR count). The molecule has 0 bridgehead atoms. The Morgan fingerprint density at radius 2 is 1.34 bits per heavy atom. The summed E-state index contributed by atoms with van der Waals surface area (Å²) in [4.78, 5) is 12.9. The van der Waals surface area contributed by atoms with Gasteiger partial charge in [0.25, 0.3) is 0 Å². The van der Waals surface area contributed by atoms with E-state index in [1.165, 1.54) is 0 Å². The molecule has 3 aromatic rings. The Bertz CT molecular complexity index is 1190. The minimum absolute atomic E-state index is 0.0671. The number of phenols is 2. The summed E-state index contributed by atoms with van der Waals surface area (Å²) >= 11 is 13.8. The maximum absolute atomic E-state index is 12.9. The average Bonchev–Trinajstić information content (AvgIpc) is 3.00. The third-order valence-electron chi connectivity index (χ3n) is 5.47. The monoisotopic (exact) mass is 642 g/mol. The number of carbonyl (C=O) groups is 1. The van der Waals surface area contributed by atoms with Gasteiger partial charge in [-0.05, 0) is 93.0 Å². The van der Waals surface area contributed by atoms with E-state index in [0.29, 0.717) is 29.9 Å². The average molecular weight is 646 g/mol. The van der Waals surface area contributed by atoms with Gasteiger partial charge in [-0.2, -0.15) is 0 Å². The Morgan fingerprint density at radius 3 is 1.90 bits per heavy atom. The molecular weight excluding hydrogens is 636 g/mol. The Hall–Kier alpha value is -1.35. The molecule has 0 saturated carbocycles. The quantitative estimate of drug-likeness (QED) is 0.274. The Balaban J connectivity index is 1.99. The first-order valence-electron chi connectivity index (χ1n) is 8.50. The Labute approximate surface area is 199 Å². The fourth-order valence-corrected chi connectivity index (χ4v) is 6.73. The van der Waals surface area contributed by atoms with Crippen molar-refractivity contribution in [3.8, 4) is 11.5 Å². The van der Waals surface area contributed by atoms with Crippen molar-refractivity contribution >= 4 is 69.7 Å². The Morgan fingerprint density at radius 1 is 0.828 bits per heavy atom. The van der Waals surface area contributed by atoms with Gasteiger partial charge in [0.15, 0.2) is 5.60 Å². The van der Waals surface area contributed by atoms with Crippen LogP contribution in [-0.2, 0) is 16.8 Å². The summed E-state index contributed by atoms with van der Waals surface area (Å²) in [6.07, 6.45) is 0.426. The number of benzene rings is 3. The highest BCUT2D eigenvalue weighted by Crippen LogP contribution is 2.57. The van der Waals surface area contributed by atoms with Crippen molar-refractivity contribution in [2.24, 2.45) is 0 Å². The lowest BCUT2D eigenvalue weighted by atomic mass is 9.71. The molecule has 2 aliphatic rings. The van der Waals surface area contributed by atoms with Gasteiger partial charge >= 0.3 is 5.97 Å². The zero-order valence-electron chi connectivity index (χ0n) is 14.4. The van der Waals surface area contributed by atoms with Crippen LogP contribution in [0, 0.1) is 0 Å². The highest BCUT2D eigenvalue weighted by Gasteiger charge is 2.53. The molecule has 146 valence electrons. The predicted molar refractivity (Wildman–Crippen MR) is 122 cm³/mol. The number of fused-ring (bicyclic) bond motifs is 6. The molecule has 29 heavy (non-hydrogen) atoms. The minimum atomic E-state index is -1.20. The molecule has 1 aliphatic carbocycles. The first-order chi connectivity index (χ1) is 13.8. The van der Waals surface area contributed by atoms with E-state index >= 15 is 0 Å². The minimum Gasteiger partial charge on any atom is -0.506 e. The van der Waals surface area contributed by atoms with Crippen molar-refractivity contribution < 1.29 is 19.7 Å². The van der Waals surface area contributed by atoms with Gasteiger partial charge in [-0.3, -0.25) is 0 Å². The highest BCUT2D eigenvalue weighted by atomic mass is 79.9. The van der Waals surface area contributed by atoms with Crippen molar-refractivity contribution in [2.75, 3.05) is 0 Å². The van der Waals surface area contributed by atoms with Crippen LogP contribution in [0.2, 0.25) is 0 Å². The van der Waals surface area contributed by atoms with Crippen molar-refractivity contribution in [2.45, 2.75) is 12.0 Å². The largest absolute Gasteiger partial charge is 0.506 e. The van der Waals surface area contributed by atoms with Gasteiger partial charge in [0, 0.05) is 23.1 Å². The number of phenolic OH excluding ortho intramolecular Hbond substituents is 2. The third kappa shape index (κ3) is 2.49. The van der Waals surface area contributed by atoms with Crippen molar-refractivity contribution in [3.63, 3.8) is 0 Å². The second kappa shape index (κ2) is 6.57. The van der Waals surface area contributed by atoms with Crippen LogP contribution < -0.4 is 0 Å². The molecular formula is C21H10Br4O4. The molecule has 1 heterocycles. The van der Waals surface area contributed by atoms with Gasteiger partial charge in [0.2, 0.25) is 0 Å². The molecule has 0 amide bonds. The number of ether oxygens (including phenoxy) is 1. The summed E-state index contributed by atoms with van der Waals surface area (Å²) in [6, 6.07) is 10.9. The number of hydrogen-bond donors (Lipinski definition) is 2. The fraction of sp³-hybridized carbons (Fsp3) is 0.0952. The number of hydrogen-bond acceptors (Lipinski definition) is 4. The maximum atomic E-state index is 12.9. The molecule has 1 spiro atoms. The highest BCUT2D eigenvalue weighted by molar-refractivity contribution is 9.11. The molecule has 0 atom stereocenters. The maximum Gasteiger partial charge on any atom is 0.340 e. The number of esters is 1. The lowest BCUT2D eigenvalue weighted by molar-refractivity contribution is 0.0239. The van der Waals surface area contributed by atoms with Crippen molar-refractivity contribution in [1.82, 2.24) is 0 Å². The van der Waals surface area contributed by atoms with Crippen LogP contribution in [0.5, 0.6) is 11.5 Å². The first-order valence-corrected chi connectivity index (χ1v) is 11.7. The van der Waals surface area contributed by atoms with Crippen LogP contribution in [0.25, 0.3) is 0 Å². The normalized spacial score (nSPS) is 15.7. The SMILES string of the molecule is O=C1OC2(c3ccccc31)c1cc(Br)c(O)c(Br)c1Cc1c2cc(Br)c(O)c1Br. The van der Waals surface area contributed by atoms with Gasteiger partial charge in [-0.25, -0.2) is 4.79 Å². The topological polar surface area (TPSA) is 66.8 Å². The summed E-state index contributed by atoms with van der Waals surface area (Å²) in [5.74, 6) is -0.283. The third-order valence-corrected chi connectivity index (χ3v) is 8.39. The van der Waals surface area contributed by atoms with Crippen LogP contribution in [0.4, 0.5) is 0 Å². The zero-order valence-corrected chi connectivity index (χ0v) is 20.7. The summed E-state index contributed by atoms with van der Waals surface area (Å²) in [5.41, 5.74) is 3.09. The van der Waals surface area contributed by atoms with Crippen LogP contribution >= 0.6 is 63.7 Å². The molecule has 2 N–H and O–H groups in total. The molecule has 8 heteroatoms. The summed E-state index contributed by atoms with van der Waals surface area (Å²) in [5, 5.41) is 21.0. The lowest BCUT2D eigenvalue weighted by Gasteiger charge is -2.38. The van der Waals surface area contributed by atoms with E-state index in [9.17, 15) is 15.0 Å². The molecule has 0 fully saturated rings. The smallest absolute Gasteiger partial charge is 0.340 e. The van der Waals surface area contributed by atoms with Gasteiger partial charge in [0.05, 0.1) is 23.5 Å². The molecule has 0 unspecified atom stereocenters. The molecule has 3 aromatic carbocycles. The zero-order chi connectivity index (χ0) is 20.7. The first kappa shape index (κ1) is 19.6. The van der Waals surface area contributed by atoms with Crippen LogP contribution in [0.3, 0.4) is 0 Å². The van der Waals surface area contributed by atoms with E-state index in [-0.39, 0.29) is 11.5 Å². The van der Waals surface area contributed by atoms with E-state index in [2.05, 4.69) is 63.7 Å². The van der Waals surface area contributed by atoms with E-state index in [1.807, 2.05) is 12.1 Å². The second-order valence-corrected chi connectivity index (χ2v) is 10.2. The van der Waals surface area contributed by atoms with Crippen LogP contribution in [-0.4, -0.2) is 16.2 Å². The summed E-state index contributed by atoms with van der Waals surface area (Å²) in [6.45, 7) is 0. The predicted octanol–water partition coefficient (Wildman–Crippen LogP) is 6.51. The fourth-order valence-electron chi connectivity index (χ4n) is 4.21. The van der Waals surface area contributed by atoms with E-state index in [0.717, 1.165) is 27.8 Å². The Kier molecular flexibility index (Phi) is 4.44. The van der Waals surface area contributed by atoms with Crippen LogP contribution in [0.15, 0.2) is 54.3 Å². The molecule has 0 saturated heterocycles. The lowest BCUT2D eigenvalue weighted by Crippen LogP contribution is -2.35. The standard InChI is InChI=1S/C21H10Br4O4/c22-14-6-12-9(16(24)18(14)26)5-10-13(7-15(23)19(27)17(10)25)21(12)11-4-2-1-3-8(11)20(28)29-21/h1-4,6-7,26-27H,5H2. The van der Waals surface area contributed by atoms with E-state index < -0.39 is 11.6 Å². The molecule has 0 aromatic heterocycles. The molecule has 4 nitrogen and oxygen atoms in total. The number of halogens is 4. The van der Waals surface area contributed by atoms with E-state index in [4.69, 9.17) is 4.74 Å². The van der Waals surface area contributed by atoms with Gasteiger partial charge in [0.1, 0.15) is 11.5 Å². The second-order valence-electron chi connectivity index (χ2n) is 6.89. The van der Waals surface area contributed by atoms with Gasteiger partial charge < -0.3 is 14.9 Å². The molecule has 1 aliphatic heterocycles.